The summed E-state index contributed by atoms with van der Waals surface area (Å²) in [6.07, 6.45) is 8.24. The molecule has 0 aliphatic carbocycles. The topological polar surface area (TPSA) is 47.1 Å². The minimum absolute atomic E-state index is 0.153. The first kappa shape index (κ1) is 13.1. The third kappa shape index (κ3) is 2.56. The molecule has 2 N–H and O–H groups in total. The molecule has 1 unspecified atom stereocenters. The minimum Gasteiger partial charge on any atom is -0.319 e. The monoisotopic (exact) mass is 262 g/mol. The van der Waals surface area contributed by atoms with Crippen molar-refractivity contribution in [2.45, 2.75) is 64.1 Å². The number of imidazole rings is 1. The molecule has 19 heavy (non-hydrogen) atoms. The van der Waals surface area contributed by atoms with Gasteiger partial charge in [-0.2, -0.15) is 0 Å². The maximum absolute atomic E-state index is 6.17. The highest BCUT2D eigenvalue weighted by molar-refractivity contribution is 5.13. The van der Waals surface area contributed by atoms with Crippen molar-refractivity contribution in [2.24, 2.45) is 5.73 Å². The molecule has 1 saturated heterocycles. The lowest BCUT2D eigenvalue weighted by Gasteiger charge is -2.33. The van der Waals surface area contributed by atoms with E-state index in [1.807, 2.05) is 0 Å². The van der Waals surface area contributed by atoms with Gasteiger partial charge in [-0.3, -0.25) is 0 Å². The van der Waals surface area contributed by atoms with Crippen molar-refractivity contribution in [3.8, 4) is 0 Å². The second kappa shape index (κ2) is 5.25. The number of aryl methyl sites for hydroxylation is 1. The van der Waals surface area contributed by atoms with Gasteiger partial charge in [-0.25, -0.2) is 4.98 Å². The molecule has 0 bridgehead atoms. The SMILES string of the molecule is CC(C)N1CCC(c2cn3c(n2)CCCC3N)CC1. The van der Waals surface area contributed by atoms with Crippen molar-refractivity contribution in [2.75, 3.05) is 13.1 Å². The highest BCUT2D eigenvalue weighted by Crippen LogP contribution is 2.30. The number of nitrogens with zero attached hydrogens (tertiary/aromatic N) is 3. The van der Waals surface area contributed by atoms with Gasteiger partial charge < -0.3 is 15.2 Å². The lowest BCUT2D eigenvalue weighted by atomic mass is 9.93. The Balaban J connectivity index is 1.70. The van der Waals surface area contributed by atoms with Crippen molar-refractivity contribution < 1.29 is 0 Å². The average molecular weight is 262 g/mol. The van der Waals surface area contributed by atoms with Crippen molar-refractivity contribution in [1.29, 1.82) is 0 Å². The highest BCUT2D eigenvalue weighted by Gasteiger charge is 2.26. The summed E-state index contributed by atoms with van der Waals surface area (Å²) in [6.45, 7) is 6.98. The van der Waals surface area contributed by atoms with Crippen LogP contribution in [0.3, 0.4) is 0 Å². The predicted molar refractivity (Wildman–Crippen MR) is 77.1 cm³/mol. The van der Waals surface area contributed by atoms with Gasteiger partial charge in [0.05, 0.1) is 11.9 Å². The van der Waals surface area contributed by atoms with Gasteiger partial charge in [0.2, 0.25) is 0 Å². The molecule has 0 amide bonds. The second-order valence-corrected chi connectivity index (χ2v) is 6.35. The molecule has 4 nitrogen and oxygen atoms in total. The van der Waals surface area contributed by atoms with Crippen molar-refractivity contribution in [3.05, 3.63) is 17.7 Å². The Morgan fingerprint density at radius 2 is 2.00 bits per heavy atom. The predicted octanol–water partition coefficient (Wildman–Crippen LogP) is 2.26. The summed E-state index contributed by atoms with van der Waals surface area (Å²) < 4.78 is 2.22. The number of aromatic nitrogens is 2. The van der Waals surface area contributed by atoms with Crippen LogP contribution in [0.1, 0.15) is 63.1 Å². The number of piperidine rings is 1. The fraction of sp³-hybridized carbons (Fsp3) is 0.800. The molecule has 1 atom stereocenters. The lowest BCUT2D eigenvalue weighted by molar-refractivity contribution is 0.171. The summed E-state index contributed by atoms with van der Waals surface area (Å²) in [5.74, 6) is 1.85. The molecule has 4 heteroatoms. The van der Waals surface area contributed by atoms with E-state index in [9.17, 15) is 0 Å². The highest BCUT2D eigenvalue weighted by atomic mass is 15.2. The van der Waals surface area contributed by atoms with E-state index in [0.717, 1.165) is 12.8 Å². The van der Waals surface area contributed by atoms with Crippen molar-refractivity contribution in [1.82, 2.24) is 14.5 Å². The van der Waals surface area contributed by atoms with E-state index in [-0.39, 0.29) is 6.17 Å². The van der Waals surface area contributed by atoms with E-state index < -0.39 is 0 Å². The zero-order chi connectivity index (χ0) is 13.4. The van der Waals surface area contributed by atoms with Crippen LogP contribution in [0.25, 0.3) is 0 Å². The van der Waals surface area contributed by atoms with E-state index in [0.29, 0.717) is 12.0 Å². The van der Waals surface area contributed by atoms with E-state index in [1.54, 1.807) is 0 Å². The normalized spacial score (nSPS) is 25.8. The number of rotatable bonds is 2. The number of likely N-dealkylation sites (tertiary alicyclic amines) is 1. The first-order valence-corrected chi connectivity index (χ1v) is 7.72. The van der Waals surface area contributed by atoms with Crippen LogP contribution in [0, 0.1) is 0 Å². The molecule has 3 rings (SSSR count). The Bertz CT molecular complexity index is 429. The first-order chi connectivity index (χ1) is 9.15. The second-order valence-electron chi connectivity index (χ2n) is 6.35. The first-order valence-electron chi connectivity index (χ1n) is 7.72. The zero-order valence-electron chi connectivity index (χ0n) is 12.2. The number of hydrogen-bond acceptors (Lipinski definition) is 3. The van der Waals surface area contributed by atoms with Gasteiger partial charge in [-0.05, 0) is 52.6 Å². The molecule has 1 aromatic heterocycles. The van der Waals surface area contributed by atoms with Crippen LogP contribution in [-0.4, -0.2) is 33.6 Å². The van der Waals surface area contributed by atoms with Crippen LogP contribution in [0.15, 0.2) is 6.20 Å². The molecule has 1 fully saturated rings. The summed E-state index contributed by atoms with van der Waals surface area (Å²) in [5.41, 5.74) is 7.45. The molecule has 3 heterocycles. The van der Waals surface area contributed by atoms with Crippen LogP contribution in [-0.2, 0) is 6.42 Å². The van der Waals surface area contributed by atoms with Crippen molar-refractivity contribution >= 4 is 0 Å². The van der Waals surface area contributed by atoms with Crippen LogP contribution in [0.2, 0.25) is 0 Å². The lowest BCUT2D eigenvalue weighted by Crippen LogP contribution is -2.37. The minimum atomic E-state index is 0.153. The van der Waals surface area contributed by atoms with Crippen LogP contribution in [0.4, 0.5) is 0 Å². The van der Waals surface area contributed by atoms with E-state index in [1.165, 1.54) is 43.9 Å². The molecule has 1 aromatic rings. The Hall–Kier alpha value is -0.870. The third-order valence-corrected chi connectivity index (χ3v) is 4.76. The Morgan fingerprint density at radius 1 is 1.26 bits per heavy atom. The molecule has 0 saturated carbocycles. The van der Waals surface area contributed by atoms with Gasteiger partial charge in [-0.15, -0.1) is 0 Å². The zero-order valence-corrected chi connectivity index (χ0v) is 12.2. The molecule has 2 aliphatic rings. The van der Waals surface area contributed by atoms with Crippen LogP contribution in [0.5, 0.6) is 0 Å². The largest absolute Gasteiger partial charge is 0.319 e. The molecular weight excluding hydrogens is 236 g/mol. The number of hydrogen-bond donors (Lipinski definition) is 1. The van der Waals surface area contributed by atoms with Gasteiger partial charge >= 0.3 is 0 Å². The summed E-state index contributed by atoms with van der Waals surface area (Å²) in [4.78, 5) is 7.43. The Labute approximate surface area is 116 Å². The van der Waals surface area contributed by atoms with E-state index in [4.69, 9.17) is 10.7 Å². The maximum Gasteiger partial charge on any atom is 0.110 e. The van der Waals surface area contributed by atoms with Gasteiger partial charge in [0, 0.05) is 24.6 Å². The smallest absolute Gasteiger partial charge is 0.110 e. The third-order valence-electron chi connectivity index (χ3n) is 4.76. The van der Waals surface area contributed by atoms with Gasteiger partial charge in [0.25, 0.3) is 0 Å². The van der Waals surface area contributed by atoms with E-state index in [2.05, 4.69) is 29.5 Å². The summed E-state index contributed by atoms with van der Waals surface area (Å²) >= 11 is 0. The molecule has 0 aromatic carbocycles. The van der Waals surface area contributed by atoms with E-state index >= 15 is 0 Å². The van der Waals surface area contributed by atoms with Crippen LogP contribution >= 0.6 is 0 Å². The summed E-state index contributed by atoms with van der Waals surface area (Å²) in [6, 6.07) is 0.671. The fourth-order valence-corrected chi connectivity index (χ4v) is 3.44. The molecule has 2 aliphatic heterocycles. The molecule has 106 valence electrons. The quantitative estimate of drug-likeness (QED) is 0.889. The average Bonchev–Trinajstić information content (AvgIpc) is 2.84. The molecule has 0 spiro atoms. The fourth-order valence-electron chi connectivity index (χ4n) is 3.44. The summed E-state index contributed by atoms with van der Waals surface area (Å²) in [5, 5.41) is 0. The van der Waals surface area contributed by atoms with Gasteiger partial charge in [0.1, 0.15) is 5.82 Å². The standard InChI is InChI=1S/C15H26N4/c1-11(2)18-8-6-12(7-9-18)13-10-19-14(16)4-3-5-15(19)17-13/h10-12,14H,3-9,16H2,1-2H3. The van der Waals surface area contributed by atoms with Crippen molar-refractivity contribution in [3.63, 3.8) is 0 Å². The summed E-state index contributed by atoms with van der Waals surface area (Å²) in [7, 11) is 0. The van der Waals surface area contributed by atoms with Gasteiger partial charge in [-0.1, -0.05) is 0 Å². The number of fused-ring (bicyclic) bond motifs is 1. The van der Waals surface area contributed by atoms with Crippen LogP contribution < -0.4 is 5.73 Å². The molecule has 0 radical (unpaired) electrons. The number of nitrogens with two attached hydrogens (primary N) is 1. The molecular formula is C15H26N4. The Kier molecular flexibility index (Phi) is 3.63. The maximum atomic E-state index is 6.17. The van der Waals surface area contributed by atoms with Gasteiger partial charge in [0.15, 0.2) is 0 Å². The Morgan fingerprint density at radius 3 is 2.63 bits per heavy atom.